The molecule has 0 radical (unpaired) electrons. The van der Waals surface area contributed by atoms with Crippen LogP contribution in [0.5, 0.6) is 0 Å². The minimum absolute atomic E-state index is 0.119. The molecule has 0 aliphatic heterocycles. The molecule has 0 fully saturated rings. The van der Waals surface area contributed by atoms with Crippen LogP contribution in [0.25, 0.3) is 0 Å². The minimum Gasteiger partial charge on any atom is -0.295 e. The Bertz CT molecular complexity index is 521. The third-order valence-corrected chi connectivity index (χ3v) is 3.20. The van der Waals surface area contributed by atoms with Gasteiger partial charge in [0.05, 0.1) is 0 Å². The Hall–Kier alpha value is -1.89. The third-order valence-electron chi connectivity index (χ3n) is 3.20. The van der Waals surface area contributed by atoms with Gasteiger partial charge in [0.2, 0.25) is 0 Å². The van der Waals surface area contributed by atoms with Crippen molar-refractivity contribution in [3.63, 3.8) is 0 Å². The zero-order chi connectivity index (χ0) is 13.0. The van der Waals surface area contributed by atoms with Crippen LogP contribution in [0, 0.1) is 0 Å². The molecular weight excluding hydrogens is 220 g/mol. The zero-order valence-electron chi connectivity index (χ0n) is 10.9. The van der Waals surface area contributed by atoms with Gasteiger partial charge in [0.25, 0.3) is 0 Å². The largest absolute Gasteiger partial charge is 0.295 e. The van der Waals surface area contributed by atoms with Crippen molar-refractivity contribution in [2.45, 2.75) is 26.7 Å². The predicted octanol–water partition coefficient (Wildman–Crippen LogP) is 4.04. The molecule has 18 heavy (non-hydrogen) atoms. The summed E-state index contributed by atoms with van der Waals surface area (Å²) in [6.45, 7) is 3.76. The SMILES string of the molecule is CCc1ccc(Cc2ccc(C(C)=O)cc2)cc1. The lowest BCUT2D eigenvalue weighted by molar-refractivity contribution is 0.101. The van der Waals surface area contributed by atoms with E-state index in [9.17, 15) is 4.79 Å². The van der Waals surface area contributed by atoms with Crippen molar-refractivity contribution in [1.29, 1.82) is 0 Å². The van der Waals surface area contributed by atoms with E-state index < -0.39 is 0 Å². The summed E-state index contributed by atoms with van der Waals surface area (Å²) < 4.78 is 0. The number of carbonyl (C=O) groups excluding carboxylic acids is 1. The summed E-state index contributed by atoms with van der Waals surface area (Å²) in [7, 11) is 0. The highest BCUT2D eigenvalue weighted by atomic mass is 16.1. The van der Waals surface area contributed by atoms with Crippen molar-refractivity contribution in [1.82, 2.24) is 0 Å². The Morgan fingerprint density at radius 2 is 1.28 bits per heavy atom. The average molecular weight is 238 g/mol. The summed E-state index contributed by atoms with van der Waals surface area (Å²) in [5.41, 5.74) is 4.69. The maximum Gasteiger partial charge on any atom is 0.159 e. The molecule has 0 N–H and O–H groups in total. The van der Waals surface area contributed by atoms with E-state index in [4.69, 9.17) is 0 Å². The van der Waals surface area contributed by atoms with E-state index >= 15 is 0 Å². The van der Waals surface area contributed by atoms with Crippen LogP contribution in [-0.2, 0) is 12.8 Å². The summed E-state index contributed by atoms with van der Waals surface area (Å²) in [6, 6.07) is 16.6. The zero-order valence-corrected chi connectivity index (χ0v) is 10.9. The Kier molecular flexibility index (Phi) is 3.93. The number of hydrogen-bond acceptors (Lipinski definition) is 1. The van der Waals surface area contributed by atoms with Gasteiger partial charge in [-0.25, -0.2) is 0 Å². The predicted molar refractivity (Wildman–Crippen MR) is 75.1 cm³/mol. The van der Waals surface area contributed by atoms with Crippen molar-refractivity contribution in [2.75, 3.05) is 0 Å². The van der Waals surface area contributed by atoms with E-state index in [0.717, 1.165) is 18.4 Å². The van der Waals surface area contributed by atoms with Gasteiger partial charge in [-0.2, -0.15) is 0 Å². The van der Waals surface area contributed by atoms with Crippen LogP contribution in [0.2, 0.25) is 0 Å². The number of ketones is 1. The Morgan fingerprint density at radius 1 is 0.833 bits per heavy atom. The highest BCUT2D eigenvalue weighted by Gasteiger charge is 2.00. The van der Waals surface area contributed by atoms with E-state index in [1.54, 1.807) is 6.92 Å². The highest BCUT2D eigenvalue weighted by Crippen LogP contribution is 2.12. The molecular formula is C17H18O. The molecule has 0 aliphatic rings. The number of carbonyl (C=O) groups is 1. The monoisotopic (exact) mass is 238 g/mol. The van der Waals surface area contributed by atoms with Crippen LogP contribution < -0.4 is 0 Å². The van der Waals surface area contributed by atoms with E-state index in [-0.39, 0.29) is 5.78 Å². The van der Waals surface area contributed by atoms with Gasteiger partial charge in [0.1, 0.15) is 0 Å². The molecule has 0 spiro atoms. The lowest BCUT2D eigenvalue weighted by Crippen LogP contribution is -1.93. The molecule has 0 aliphatic carbocycles. The second-order valence-electron chi connectivity index (χ2n) is 4.60. The molecule has 0 saturated carbocycles. The van der Waals surface area contributed by atoms with E-state index in [2.05, 4.69) is 31.2 Å². The molecule has 1 heteroatoms. The van der Waals surface area contributed by atoms with Gasteiger partial charge in [-0.3, -0.25) is 4.79 Å². The Balaban J connectivity index is 2.10. The molecule has 2 rings (SSSR count). The number of benzene rings is 2. The van der Waals surface area contributed by atoms with Gasteiger partial charge in [-0.1, -0.05) is 55.5 Å². The first-order valence-electron chi connectivity index (χ1n) is 6.36. The summed E-state index contributed by atoms with van der Waals surface area (Å²) in [5.74, 6) is 0.119. The number of hydrogen-bond donors (Lipinski definition) is 0. The Morgan fingerprint density at radius 3 is 1.72 bits per heavy atom. The second-order valence-corrected chi connectivity index (χ2v) is 4.60. The van der Waals surface area contributed by atoms with Gasteiger partial charge in [0.15, 0.2) is 5.78 Å². The van der Waals surface area contributed by atoms with Crippen molar-refractivity contribution in [3.8, 4) is 0 Å². The minimum atomic E-state index is 0.119. The lowest BCUT2D eigenvalue weighted by Gasteiger charge is -2.04. The maximum absolute atomic E-state index is 11.2. The highest BCUT2D eigenvalue weighted by molar-refractivity contribution is 5.94. The van der Waals surface area contributed by atoms with Gasteiger partial charge >= 0.3 is 0 Å². The van der Waals surface area contributed by atoms with Crippen LogP contribution in [0.4, 0.5) is 0 Å². The van der Waals surface area contributed by atoms with Gasteiger partial charge in [-0.15, -0.1) is 0 Å². The van der Waals surface area contributed by atoms with Gasteiger partial charge < -0.3 is 0 Å². The number of Topliss-reactive ketones (excluding diaryl/α,β-unsaturated/α-hetero) is 1. The fourth-order valence-electron chi connectivity index (χ4n) is 1.99. The molecule has 0 saturated heterocycles. The smallest absolute Gasteiger partial charge is 0.159 e. The van der Waals surface area contributed by atoms with Crippen molar-refractivity contribution < 1.29 is 4.79 Å². The van der Waals surface area contributed by atoms with Crippen LogP contribution in [0.15, 0.2) is 48.5 Å². The molecule has 0 atom stereocenters. The van der Waals surface area contributed by atoms with Crippen LogP contribution in [0.3, 0.4) is 0 Å². The van der Waals surface area contributed by atoms with E-state index in [1.165, 1.54) is 16.7 Å². The average Bonchev–Trinajstić information content (AvgIpc) is 2.40. The standard InChI is InChI=1S/C17H18O/c1-3-14-4-6-15(7-5-14)12-16-8-10-17(11-9-16)13(2)18/h4-11H,3,12H2,1-2H3. The van der Waals surface area contributed by atoms with Crippen molar-refractivity contribution in [2.24, 2.45) is 0 Å². The first kappa shape index (κ1) is 12.6. The molecule has 0 heterocycles. The second kappa shape index (κ2) is 5.63. The van der Waals surface area contributed by atoms with E-state index in [1.807, 2.05) is 24.3 Å². The Labute approximate surface area is 108 Å². The normalized spacial score (nSPS) is 10.3. The molecule has 2 aromatic carbocycles. The summed E-state index contributed by atoms with van der Waals surface area (Å²) in [6.07, 6.45) is 2.00. The molecule has 1 nitrogen and oxygen atoms in total. The topological polar surface area (TPSA) is 17.1 Å². The quantitative estimate of drug-likeness (QED) is 0.735. The maximum atomic E-state index is 11.2. The molecule has 0 aromatic heterocycles. The molecule has 2 aromatic rings. The third kappa shape index (κ3) is 3.07. The van der Waals surface area contributed by atoms with Gasteiger partial charge in [-0.05, 0) is 36.5 Å². The lowest BCUT2D eigenvalue weighted by atomic mass is 10.0. The fourth-order valence-corrected chi connectivity index (χ4v) is 1.99. The van der Waals surface area contributed by atoms with E-state index in [0.29, 0.717) is 0 Å². The first-order valence-corrected chi connectivity index (χ1v) is 6.36. The fraction of sp³-hybridized carbons (Fsp3) is 0.235. The molecule has 0 amide bonds. The van der Waals surface area contributed by atoms with Crippen LogP contribution in [-0.4, -0.2) is 5.78 Å². The molecule has 92 valence electrons. The first-order chi connectivity index (χ1) is 8.69. The van der Waals surface area contributed by atoms with Crippen LogP contribution >= 0.6 is 0 Å². The number of aryl methyl sites for hydroxylation is 1. The number of rotatable bonds is 4. The summed E-state index contributed by atoms with van der Waals surface area (Å²) >= 11 is 0. The van der Waals surface area contributed by atoms with Crippen molar-refractivity contribution in [3.05, 3.63) is 70.8 Å². The van der Waals surface area contributed by atoms with Crippen LogP contribution in [0.1, 0.15) is 40.9 Å². The summed E-state index contributed by atoms with van der Waals surface area (Å²) in [5, 5.41) is 0. The molecule has 0 bridgehead atoms. The van der Waals surface area contributed by atoms with Gasteiger partial charge in [0, 0.05) is 5.56 Å². The van der Waals surface area contributed by atoms with Crippen molar-refractivity contribution >= 4 is 5.78 Å². The summed E-state index contributed by atoms with van der Waals surface area (Å²) in [4.78, 5) is 11.2. The molecule has 0 unspecified atom stereocenters.